The van der Waals surface area contributed by atoms with Crippen molar-refractivity contribution in [3.05, 3.63) is 52.5 Å². The normalized spacial score (nSPS) is 10.2. The van der Waals surface area contributed by atoms with Crippen LogP contribution in [0.3, 0.4) is 0 Å². The summed E-state index contributed by atoms with van der Waals surface area (Å²) in [4.78, 5) is 1.98. The van der Waals surface area contributed by atoms with Crippen LogP contribution in [0.5, 0.6) is 5.75 Å². The number of halogens is 1. The van der Waals surface area contributed by atoms with E-state index >= 15 is 0 Å². The van der Waals surface area contributed by atoms with E-state index in [1.807, 2.05) is 54.4 Å². The van der Waals surface area contributed by atoms with Crippen molar-refractivity contribution in [1.29, 1.82) is 5.41 Å². The van der Waals surface area contributed by atoms with Gasteiger partial charge < -0.3 is 15.4 Å². The number of anilines is 2. The monoisotopic (exact) mass is 333 g/mol. The van der Waals surface area contributed by atoms with Crippen LogP contribution in [0.2, 0.25) is 0 Å². The Hall–Kier alpha value is -2.01. The molecule has 0 bridgehead atoms. The van der Waals surface area contributed by atoms with Crippen LogP contribution < -0.4 is 15.4 Å². The third-order valence-electron chi connectivity index (χ3n) is 3.05. The van der Waals surface area contributed by atoms with Gasteiger partial charge in [0.25, 0.3) is 0 Å². The molecule has 2 aromatic rings. The Bertz CT molecular complexity index is 643. The first-order chi connectivity index (χ1) is 9.52. The first-order valence-corrected chi connectivity index (χ1v) is 6.84. The smallest absolute Gasteiger partial charge is 0.124 e. The summed E-state index contributed by atoms with van der Waals surface area (Å²) < 4.78 is 6.18. The molecule has 0 saturated heterocycles. The van der Waals surface area contributed by atoms with Crippen LogP contribution in [-0.4, -0.2) is 20.0 Å². The fraction of sp³-hybridized carbons (Fsp3) is 0.133. The zero-order chi connectivity index (χ0) is 14.7. The van der Waals surface area contributed by atoms with Crippen molar-refractivity contribution < 1.29 is 4.74 Å². The van der Waals surface area contributed by atoms with E-state index in [1.165, 1.54) is 0 Å². The molecule has 0 aliphatic carbocycles. The number of nitrogens with two attached hydrogens (primary N) is 1. The molecule has 20 heavy (non-hydrogen) atoms. The highest BCUT2D eigenvalue weighted by Gasteiger charge is 2.12. The SMILES string of the molecule is COc1cccc(N(C)c2cc(Br)ccc2C(=N)N)c1. The van der Waals surface area contributed by atoms with Crippen LogP contribution in [-0.2, 0) is 0 Å². The number of benzene rings is 2. The maximum atomic E-state index is 7.69. The number of hydrogen-bond acceptors (Lipinski definition) is 3. The summed E-state index contributed by atoms with van der Waals surface area (Å²) in [6, 6.07) is 13.4. The van der Waals surface area contributed by atoms with Crippen molar-refractivity contribution in [2.75, 3.05) is 19.1 Å². The van der Waals surface area contributed by atoms with Gasteiger partial charge in [-0.05, 0) is 30.3 Å². The van der Waals surface area contributed by atoms with Crippen molar-refractivity contribution in [2.45, 2.75) is 0 Å². The third kappa shape index (κ3) is 2.93. The molecular weight excluding hydrogens is 318 g/mol. The Labute approximate surface area is 126 Å². The van der Waals surface area contributed by atoms with E-state index in [2.05, 4.69) is 15.9 Å². The van der Waals surface area contributed by atoms with E-state index in [1.54, 1.807) is 7.11 Å². The predicted molar refractivity (Wildman–Crippen MR) is 86.2 cm³/mol. The molecule has 0 atom stereocenters. The molecule has 0 heterocycles. The number of rotatable bonds is 4. The van der Waals surface area contributed by atoms with Gasteiger partial charge in [-0.3, -0.25) is 5.41 Å². The minimum Gasteiger partial charge on any atom is -0.497 e. The van der Waals surface area contributed by atoms with Gasteiger partial charge >= 0.3 is 0 Å². The summed E-state index contributed by atoms with van der Waals surface area (Å²) in [6.45, 7) is 0. The maximum Gasteiger partial charge on any atom is 0.124 e. The van der Waals surface area contributed by atoms with E-state index in [9.17, 15) is 0 Å². The molecule has 0 unspecified atom stereocenters. The molecule has 0 aliphatic heterocycles. The first-order valence-electron chi connectivity index (χ1n) is 6.04. The standard InChI is InChI=1S/C15H16BrN3O/c1-19(11-4-3-5-12(9-11)20-2)14-8-10(16)6-7-13(14)15(17)18/h3-9H,1-2H3,(H3,17,18). The van der Waals surface area contributed by atoms with E-state index in [0.717, 1.165) is 21.6 Å². The van der Waals surface area contributed by atoms with Gasteiger partial charge in [-0.25, -0.2) is 0 Å². The van der Waals surface area contributed by atoms with Gasteiger partial charge in [-0.2, -0.15) is 0 Å². The zero-order valence-corrected chi connectivity index (χ0v) is 12.9. The molecule has 0 amide bonds. The Morgan fingerprint density at radius 1 is 1.25 bits per heavy atom. The molecule has 3 N–H and O–H groups in total. The van der Waals surface area contributed by atoms with Gasteiger partial charge in [-0.1, -0.05) is 22.0 Å². The number of amidine groups is 1. The van der Waals surface area contributed by atoms with Gasteiger partial charge in [0, 0.05) is 28.8 Å². The Balaban J connectivity index is 2.49. The maximum absolute atomic E-state index is 7.69. The van der Waals surface area contributed by atoms with Gasteiger partial charge in [0.1, 0.15) is 11.6 Å². The summed E-state index contributed by atoms with van der Waals surface area (Å²) >= 11 is 3.45. The van der Waals surface area contributed by atoms with Crippen molar-refractivity contribution >= 4 is 33.1 Å². The number of methoxy groups -OCH3 is 1. The fourth-order valence-electron chi connectivity index (χ4n) is 1.97. The molecule has 2 rings (SSSR count). The second kappa shape index (κ2) is 5.96. The van der Waals surface area contributed by atoms with Crippen LogP contribution >= 0.6 is 15.9 Å². The first kappa shape index (κ1) is 14.4. The van der Waals surface area contributed by atoms with Crippen LogP contribution in [0.25, 0.3) is 0 Å². The minimum atomic E-state index is 0.0437. The molecule has 0 radical (unpaired) electrons. The van der Waals surface area contributed by atoms with Crippen LogP contribution in [0.1, 0.15) is 5.56 Å². The summed E-state index contributed by atoms with van der Waals surface area (Å²) in [5.74, 6) is 0.830. The van der Waals surface area contributed by atoms with Crippen LogP contribution in [0.4, 0.5) is 11.4 Å². The van der Waals surface area contributed by atoms with E-state index < -0.39 is 0 Å². The summed E-state index contributed by atoms with van der Waals surface area (Å²) in [5, 5.41) is 7.69. The zero-order valence-electron chi connectivity index (χ0n) is 11.4. The number of ether oxygens (including phenoxy) is 1. The predicted octanol–water partition coefficient (Wildman–Crippen LogP) is 3.51. The van der Waals surface area contributed by atoms with E-state index in [-0.39, 0.29) is 5.84 Å². The number of nitrogens with one attached hydrogen (secondary N) is 1. The van der Waals surface area contributed by atoms with Crippen molar-refractivity contribution in [3.63, 3.8) is 0 Å². The van der Waals surface area contributed by atoms with Crippen molar-refractivity contribution in [1.82, 2.24) is 0 Å². The molecule has 0 fully saturated rings. The lowest BCUT2D eigenvalue weighted by Gasteiger charge is -2.23. The number of nitrogen functional groups attached to an aromatic ring is 1. The largest absolute Gasteiger partial charge is 0.497 e. The molecule has 2 aromatic carbocycles. The van der Waals surface area contributed by atoms with Crippen LogP contribution in [0, 0.1) is 5.41 Å². The van der Waals surface area contributed by atoms with Gasteiger partial charge in [-0.15, -0.1) is 0 Å². The molecule has 0 aromatic heterocycles. The van der Waals surface area contributed by atoms with Gasteiger partial charge in [0.15, 0.2) is 0 Å². The second-order valence-electron chi connectivity index (χ2n) is 4.34. The molecular formula is C15H16BrN3O. The lowest BCUT2D eigenvalue weighted by Crippen LogP contribution is -2.18. The summed E-state index contributed by atoms with van der Waals surface area (Å²) in [6.07, 6.45) is 0. The minimum absolute atomic E-state index is 0.0437. The molecule has 104 valence electrons. The molecule has 5 heteroatoms. The highest BCUT2D eigenvalue weighted by Crippen LogP contribution is 2.31. The molecule has 4 nitrogen and oxygen atoms in total. The molecule has 0 saturated carbocycles. The van der Waals surface area contributed by atoms with Gasteiger partial charge in [0.2, 0.25) is 0 Å². The highest BCUT2D eigenvalue weighted by atomic mass is 79.9. The number of nitrogens with zero attached hydrogens (tertiary/aromatic N) is 1. The summed E-state index contributed by atoms with van der Waals surface area (Å²) in [5.41, 5.74) is 8.17. The average Bonchev–Trinajstić information content (AvgIpc) is 2.46. The average molecular weight is 334 g/mol. The Morgan fingerprint density at radius 2 is 2.00 bits per heavy atom. The topological polar surface area (TPSA) is 62.3 Å². The van der Waals surface area contributed by atoms with E-state index in [4.69, 9.17) is 15.9 Å². The second-order valence-corrected chi connectivity index (χ2v) is 5.25. The third-order valence-corrected chi connectivity index (χ3v) is 3.55. The number of hydrogen-bond donors (Lipinski definition) is 2. The Morgan fingerprint density at radius 3 is 2.65 bits per heavy atom. The van der Waals surface area contributed by atoms with Crippen molar-refractivity contribution in [3.8, 4) is 5.75 Å². The van der Waals surface area contributed by atoms with Gasteiger partial charge in [0.05, 0.1) is 12.8 Å². The van der Waals surface area contributed by atoms with Crippen LogP contribution in [0.15, 0.2) is 46.9 Å². The quantitative estimate of drug-likeness (QED) is 0.664. The Kier molecular flexibility index (Phi) is 4.29. The summed E-state index contributed by atoms with van der Waals surface area (Å²) in [7, 11) is 3.57. The lowest BCUT2D eigenvalue weighted by atomic mass is 10.1. The molecule has 0 spiro atoms. The van der Waals surface area contributed by atoms with Crippen molar-refractivity contribution in [2.24, 2.45) is 5.73 Å². The fourth-order valence-corrected chi connectivity index (χ4v) is 2.32. The van der Waals surface area contributed by atoms with E-state index in [0.29, 0.717) is 5.56 Å². The highest BCUT2D eigenvalue weighted by molar-refractivity contribution is 9.10. The molecule has 0 aliphatic rings. The lowest BCUT2D eigenvalue weighted by molar-refractivity contribution is 0.415.